The van der Waals surface area contributed by atoms with Gasteiger partial charge in [-0.15, -0.1) is 0 Å². The lowest BCUT2D eigenvalue weighted by atomic mass is 9.76. The first-order valence-corrected chi connectivity index (χ1v) is 7.99. The van der Waals surface area contributed by atoms with Gasteiger partial charge < -0.3 is 0 Å². The molecule has 0 fully saturated rings. The quantitative estimate of drug-likeness (QED) is 0.692. The number of Topliss-reactive ketones (excluding diaryl/α,β-unsaturated/α-hetero) is 1. The van der Waals surface area contributed by atoms with Crippen molar-refractivity contribution in [2.24, 2.45) is 11.8 Å². The van der Waals surface area contributed by atoms with E-state index in [4.69, 9.17) is 0 Å². The van der Waals surface area contributed by atoms with Gasteiger partial charge in [0.15, 0.2) is 5.78 Å². The minimum absolute atomic E-state index is 0.127. The fourth-order valence-corrected chi connectivity index (χ4v) is 3.35. The fourth-order valence-electron chi connectivity index (χ4n) is 3.35. The lowest BCUT2D eigenvalue weighted by molar-refractivity contribution is 0.103. The van der Waals surface area contributed by atoms with Gasteiger partial charge in [-0.1, -0.05) is 71.9 Å². The Balaban J connectivity index is 1.72. The van der Waals surface area contributed by atoms with Gasteiger partial charge in [0.2, 0.25) is 0 Å². The first kappa shape index (κ1) is 14.8. The van der Waals surface area contributed by atoms with Gasteiger partial charge in [-0.05, 0) is 38.5 Å². The maximum absolute atomic E-state index is 12.5. The molecule has 0 amide bonds. The smallest absolute Gasteiger partial charge is 0.192 e. The minimum atomic E-state index is 0.127. The maximum Gasteiger partial charge on any atom is 0.192 e. The van der Waals surface area contributed by atoms with Crippen LogP contribution in [0.25, 0.3) is 0 Å². The molecule has 0 aromatic heterocycles. The average Bonchev–Trinajstić information content (AvgIpc) is 2.58. The number of benzene rings is 1. The Morgan fingerprint density at radius 1 is 1.05 bits per heavy atom. The highest BCUT2D eigenvalue weighted by atomic mass is 16.1. The molecule has 0 N–H and O–H groups in total. The molecule has 0 bridgehead atoms. The van der Waals surface area contributed by atoms with Crippen molar-refractivity contribution in [3.05, 3.63) is 83.0 Å². The molecular weight excluding hydrogens is 268 g/mol. The van der Waals surface area contributed by atoms with Crippen molar-refractivity contribution in [2.75, 3.05) is 0 Å². The first-order chi connectivity index (χ1) is 10.7. The van der Waals surface area contributed by atoms with E-state index in [0.717, 1.165) is 24.0 Å². The van der Waals surface area contributed by atoms with E-state index in [1.807, 2.05) is 36.4 Å². The Hall–Kier alpha value is -2.15. The van der Waals surface area contributed by atoms with Gasteiger partial charge in [-0.3, -0.25) is 4.79 Å². The third kappa shape index (κ3) is 2.89. The summed E-state index contributed by atoms with van der Waals surface area (Å²) in [5.74, 6) is 1.21. The van der Waals surface area contributed by atoms with Crippen molar-refractivity contribution in [1.82, 2.24) is 0 Å². The van der Waals surface area contributed by atoms with Crippen molar-refractivity contribution in [1.29, 1.82) is 0 Å². The van der Waals surface area contributed by atoms with Gasteiger partial charge in [0, 0.05) is 11.1 Å². The van der Waals surface area contributed by atoms with Crippen LogP contribution < -0.4 is 0 Å². The van der Waals surface area contributed by atoms with Crippen LogP contribution >= 0.6 is 0 Å². The van der Waals surface area contributed by atoms with Crippen LogP contribution in [0.4, 0.5) is 0 Å². The van der Waals surface area contributed by atoms with Crippen molar-refractivity contribution < 1.29 is 4.79 Å². The van der Waals surface area contributed by atoms with Crippen LogP contribution in [0, 0.1) is 11.8 Å². The largest absolute Gasteiger partial charge is 0.289 e. The average molecular weight is 290 g/mol. The van der Waals surface area contributed by atoms with Gasteiger partial charge in [-0.25, -0.2) is 0 Å². The van der Waals surface area contributed by atoms with Gasteiger partial charge in [-0.2, -0.15) is 0 Å². The van der Waals surface area contributed by atoms with E-state index in [9.17, 15) is 4.79 Å². The topological polar surface area (TPSA) is 17.1 Å². The Morgan fingerprint density at radius 3 is 2.50 bits per heavy atom. The number of hydrogen-bond acceptors (Lipinski definition) is 1. The summed E-state index contributed by atoms with van der Waals surface area (Å²) < 4.78 is 0. The monoisotopic (exact) mass is 290 g/mol. The van der Waals surface area contributed by atoms with Crippen LogP contribution in [0.3, 0.4) is 0 Å². The van der Waals surface area contributed by atoms with E-state index < -0.39 is 0 Å². The molecule has 2 aliphatic carbocycles. The summed E-state index contributed by atoms with van der Waals surface area (Å²) >= 11 is 0. The second kappa shape index (κ2) is 6.31. The molecule has 1 heteroatoms. The molecule has 0 aliphatic heterocycles. The second-order valence-corrected chi connectivity index (χ2v) is 6.22. The Labute approximate surface area is 132 Å². The standard InChI is InChI=1S/C21H22O/c1-15-7-6-10-20(16(15)2)17-11-13-19(14-12-17)21(22)18-8-4-3-5-9-18/h3-9,11,13-14,17,20H,10,12H2,1-2H3. The number of ketones is 1. The second-order valence-electron chi connectivity index (χ2n) is 6.22. The number of hydrogen-bond donors (Lipinski definition) is 0. The van der Waals surface area contributed by atoms with Crippen molar-refractivity contribution in [3.8, 4) is 0 Å². The van der Waals surface area contributed by atoms with E-state index in [1.54, 1.807) is 0 Å². The summed E-state index contributed by atoms with van der Waals surface area (Å²) in [7, 11) is 0. The van der Waals surface area contributed by atoms with Crippen LogP contribution in [0.2, 0.25) is 0 Å². The SMILES string of the molecule is CC1=C(C)C(C2C=CC(C(=O)c3ccccc3)=CC2)CC=C1. The van der Waals surface area contributed by atoms with Gasteiger partial charge in [0.25, 0.3) is 0 Å². The van der Waals surface area contributed by atoms with Gasteiger partial charge in [0.05, 0.1) is 0 Å². The summed E-state index contributed by atoms with van der Waals surface area (Å²) in [6, 6.07) is 9.52. The molecule has 2 atom stereocenters. The summed E-state index contributed by atoms with van der Waals surface area (Å²) in [6.45, 7) is 4.43. The van der Waals surface area contributed by atoms with E-state index in [-0.39, 0.29) is 5.78 Å². The van der Waals surface area contributed by atoms with E-state index >= 15 is 0 Å². The predicted octanol–water partition coefficient (Wildman–Crippen LogP) is 5.28. The third-order valence-corrected chi connectivity index (χ3v) is 4.88. The molecule has 1 aromatic rings. The molecule has 0 spiro atoms. The number of carbonyl (C=O) groups excluding carboxylic acids is 1. The zero-order valence-electron chi connectivity index (χ0n) is 13.3. The van der Waals surface area contributed by atoms with Crippen molar-refractivity contribution >= 4 is 5.78 Å². The van der Waals surface area contributed by atoms with E-state index in [2.05, 4.69) is 38.2 Å². The lowest BCUT2D eigenvalue weighted by Gasteiger charge is -2.29. The van der Waals surface area contributed by atoms with Crippen LogP contribution in [0.15, 0.2) is 77.4 Å². The molecule has 0 saturated carbocycles. The van der Waals surface area contributed by atoms with Crippen LogP contribution in [-0.2, 0) is 0 Å². The fraction of sp³-hybridized carbons (Fsp3) is 0.286. The molecule has 2 aliphatic rings. The number of carbonyl (C=O) groups is 1. The zero-order valence-corrected chi connectivity index (χ0v) is 13.3. The molecule has 1 nitrogen and oxygen atoms in total. The Bertz CT molecular complexity index is 686. The molecule has 1 aromatic carbocycles. The number of rotatable bonds is 3. The first-order valence-electron chi connectivity index (χ1n) is 7.99. The summed E-state index contributed by atoms with van der Waals surface area (Å²) in [6.07, 6.45) is 12.9. The molecule has 0 radical (unpaired) electrons. The van der Waals surface area contributed by atoms with Crippen LogP contribution in [-0.4, -0.2) is 5.78 Å². The molecular formula is C21H22O. The number of allylic oxidation sites excluding steroid dienone is 8. The Kier molecular flexibility index (Phi) is 4.24. The molecule has 2 unspecified atom stereocenters. The predicted molar refractivity (Wildman–Crippen MR) is 91.7 cm³/mol. The summed E-state index contributed by atoms with van der Waals surface area (Å²) in [5.41, 5.74) is 4.47. The third-order valence-electron chi connectivity index (χ3n) is 4.88. The normalized spacial score (nSPS) is 24.4. The van der Waals surface area contributed by atoms with Gasteiger partial charge >= 0.3 is 0 Å². The van der Waals surface area contributed by atoms with Crippen molar-refractivity contribution in [2.45, 2.75) is 26.7 Å². The molecule has 3 rings (SSSR count). The van der Waals surface area contributed by atoms with E-state index in [0.29, 0.717) is 11.8 Å². The molecule has 112 valence electrons. The molecule has 0 saturated heterocycles. The minimum Gasteiger partial charge on any atom is -0.289 e. The highest BCUT2D eigenvalue weighted by molar-refractivity contribution is 6.10. The summed E-state index contributed by atoms with van der Waals surface area (Å²) in [4.78, 5) is 12.5. The van der Waals surface area contributed by atoms with E-state index in [1.165, 1.54) is 11.1 Å². The molecule has 22 heavy (non-hydrogen) atoms. The highest BCUT2D eigenvalue weighted by Crippen LogP contribution is 2.36. The molecule has 0 heterocycles. The lowest BCUT2D eigenvalue weighted by Crippen LogP contribution is -2.18. The highest BCUT2D eigenvalue weighted by Gasteiger charge is 2.24. The van der Waals surface area contributed by atoms with Crippen LogP contribution in [0.5, 0.6) is 0 Å². The Morgan fingerprint density at radius 2 is 1.82 bits per heavy atom. The van der Waals surface area contributed by atoms with Gasteiger partial charge in [0.1, 0.15) is 0 Å². The zero-order chi connectivity index (χ0) is 15.5. The van der Waals surface area contributed by atoms with Crippen molar-refractivity contribution in [3.63, 3.8) is 0 Å². The summed E-state index contributed by atoms with van der Waals surface area (Å²) in [5, 5.41) is 0. The maximum atomic E-state index is 12.5. The van der Waals surface area contributed by atoms with Crippen LogP contribution in [0.1, 0.15) is 37.0 Å².